The molecule has 2 rings (SSSR count). The predicted octanol–water partition coefficient (Wildman–Crippen LogP) is 4.53. The van der Waals surface area contributed by atoms with Gasteiger partial charge in [-0.2, -0.15) is 0 Å². The lowest BCUT2D eigenvalue weighted by Crippen LogP contribution is -2.28. The molecule has 0 bridgehead atoms. The van der Waals surface area contributed by atoms with Crippen LogP contribution in [-0.4, -0.2) is 30.5 Å². The van der Waals surface area contributed by atoms with E-state index in [1.54, 1.807) is 0 Å². The number of benzene rings is 1. The van der Waals surface area contributed by atoms with Crippen LogP contribution in [0.3, 0.4) is 0 Å². The van der Waals surface area contributed by atoms with E-state index in [2.05, 4.69) is 21.2 Å². The van der Waals surface area contributed by atoms with Gasteiger partial charge in [-0.25, -0.2) is 0 Å². The van der Waals surface area contributed by atoms with Crippen molar-refractivity contribution < 1.29 is 9.84 Å². The van der Waals surface area contributed by atoms with Crippen molar-refractivity contribution in [3.8, 4) is 0 Å². The Labute approximate surface area is 140 Å². The average molecular weight is 377 g/mol. The minimum atomic E-state index is -0.515. The highest BCUT2D eigenvalue weighted by Gasteiger charge is 2.15. The van der Waals surface area contributed by atoms with Gasteiger partial charge in [0.1, 0.15) is 0 Å². The number of rotatable bonds is 6. The van der Waals surface area contributed by atoms with Crippen LogP contribution in [0.25, 0.3) is 0 Å². The van der Waals surface area contributed by atoms with Gasteiger partial charge in [0.15, 0.2) is 0 Å². The van der Waals surface area contributed by atoms with E-state index in [4.69, 9.17) is 16.3 Å². The summed E-state index contributed by atoms with van der Waals surface area (Å²) in [5.74, 6) is 0. The Bertz CT molecular complexity index is 464. The monoisotopic (exact) mass is 375 g/mol. The minimum absolute atomic E-state index is 0.328. The van der Waals surface area contributed by atoms with Crippen LogP contribution < -0.4 is 5.32 Å². The molecule has 1 unspecified atom stereocenters. The second-order valence-electron chi connectivity index (χ2n) is 5.71. The lowest BCUT2D eigenvalue weighted by molar-refractivity contribution is -0.0195. The Balaban J connectivity index is 1.75. The van der Waals surface area contributed by atoms with Crippen molar-refractivity contribution in [2.24, 2.45) is 0 Å². The molecule has 0 spiro atoms. The largest absolute Gasteiger partial charge is 0.389 e. The highest BCUT2D eigenvalue weighted by molar-refractivity contribution is 9.10. The fourth-order valence-corrected chi connectivity index (χ4v) is 3.31. The lowest BCUT2D eigenvalue weighted by Gasteiger charge is -2.23. The fraction of sp³-hybridized carbons (Fsp3) is 0.625. The van der Waals surface area contributed by atoms with Gasteiger partial charge in [0, 0.05) is 16.0 Å². The van der Waals surface area contributed by atoms with Crippen molar-refractivity contribution in [2.75, 3.05) is 18.5 Å². The van der Waals surface area contributed by atoms with Crippen LogP contribution in [0.4, 0.5) is 5.69 Å². The molecule has 1 aromatic carbocycles. The lowest BCUT2D eigenvalue weighted by atomic mass is 9.98. The molecular formula is C16H23BrClNO2. The third kappa shape index (κ3) is 5.44. The summed E-state index contributed by atoms with van der Waals surface area (Å²) in [5, 5.41) is 13.9. The number of aryl methyl sites for hydroxylation is 1. The van der Waals surface area contributed by atoms with Crippen LogP contribution in [-0.2, 0) is 4.74 Å². The van der Waals surface area contributed by atoms with E-state index in [1.165, 1.54) is 19.3 Å². The molecule has 5 heteroatoms. The number of halogens is 2. The number of anilines is 1. The molecule has 0 amide bonds. The van der Waals surface area contributed by atoms with Gasteiger partial charge in [0.2, 0.25) is 0 Å². The summed E-state index contributed by atoms with van der Waals surface area (Å²) >= 11 is 9.61. The molecule has 21 heavy (non-hydrogen) atoms. The van der Waals surface area contributed by atoms with Crippen molar-refractivity contribution in [1.82, 2.24) is 0 Å². The zero-order valence-corrected chi connectivity index (χ0v) is 14.7. The number of nitrogens with one attached hydrogen (secondary N) is 1. The van der Waals surface area contributed by atoms with Gasteiger partial charge in [0.25, 0.3) is 0 Å². The fourth-order valence-electron chi connectivity index (χ4n) is 2.55. The minimum Gasteiger partial charge on any atom is -0.389 e. The third-order valence-electron chi connectivity index (χ3n) is 3.85. The molecule has 0 heterocycles. The van der Waals surface area contributed by atoms with E-state index in [9.17, 15) is 5.11 Å². The molecule has 1 saturated carbocycles. The average Bonchev–Trinajstić information content (AvgIpc) is 2.48. The highest BCUT2D eigenvalue weighted by Crippen LogP contribution is 2.29. The van der Waals surface area contributed by atoms with Crippen molar-refractivity contribution in [3.63, 3.8) is 0 Å². The number of hydrogen-bond donors (Lipinski definition) is 2. The zero-order chi connectivity index (χ0) is 15.2. The Hall–Kier alpha value is -0.290. The smallest absolute Gasteiger partial charge is 0.0945 e. The number of hydrogen-bond acceptors (Lipinski definition) is 3. The Morgan fingerprint density at radius 3 is 2.81 bits per heavy atom. The summed E-state index contributed by atoms with van der Waals surface area (Å²) in [7, 11) is 0. The van der Waals surface area contributed by atoms with Crippen LogP contribution in [0.5, 0.6) is 0 Å². The van der Waals surface area contributed by atoms with Gasteiger partial charge < -0.3 is 15.2 Å². The first-order chi connectivity index (χ1) is 10.1. The first-order valence-corrected chi connectivity index (χ1v) is 8.72. The van der Waals surface area contributed by atoms with Crippen LogP contribution in [0.1, 0.15) is 37.7 Å². The van der Waals surface area contributed by atoms with Gasteiger partial charge in [-0.15, -0.1) is 0 Å². The maximum absolute atomic E-state index is 10.0. The van der Waals surface area contributed by atoms with Crippen LogP contribution in [0, 0.1) is 6.92 Å². The molecule has 0 aliphatic heterocycles. The van der Waals surface area contributed by atoms with Crippen molar-refractivity contribution in [3.05, 3.63) is 27.2 Å². The third-order valence-corrected chi connectivity index (χ3v) is 4.92. The highest BCUT2D eigenvalue weighted by atomic mass is 79.9. The molecule has 1 aromatic rings. The van der Waals surface area contributed by atoms with Crippen molar-refractivity contribution in [1.29, 1.82) is 0 Å². The van der Waals surface area contributed by atoms with E-state index in [1.807, 2.05) is 19.1 Å². The first kappa shape index (κ1) is 17.1. The Kier molecular flexibility index (Phi) is 6.80. The van der Waals surface area contributed by atoms with E-state index in [0.717, 1.165) is 28.6 Å². The Morgan fingerprint density at radius 1 is 1.38 bits per heavy atom. The first-order valence-electron chi connectivity index (χ1n) is 7.55. The molecule has 0 radical (unpaired) electrons. The number of aliphatic hydroxyl groups excluding tert-OH is 1. The molecule has 1 aliphatic carbocycles. The summed E-state index contributed by atoms with van der Waals surface area (Å²) in [5.41, 5.74) is 1.91. The molecule has 2 N–H and O–H groups in total. The number of aliphatic hydroxyl groups is 1. The molecule has 3 nitrogen and oxygen atoms in total. The van der Waals surface area contributed by atoms with Gasteiger partial charge >= 0.3 is 0 Å². The van der Waals surface area contributed by atoms with Crippen LogP contribution in [0.15, 0.2) is 16.6 Å². The topological polar surface area (TPSA) is 41.5 Å². The summed E-state index contributed by atoms with van der Waals surface area (Å²) < 4.78 is 6.73. The van der Waals surface area contributed by atoms with E-state index >= 15 is 0 Å². The molecule has 1 atom stereocenters. The standard InChI is InChI=1S/C16H23BrClNO2/c1-11-7-14(17)16(8-15(11)18)19-9-12(20)10-21-13-5-3-2-4-6-13/h7-8,12-13,19-20H,2-6,9-10H2,1H3. The summed E-state index contributed by atoms with van der Waals surface area (Å²) in [6.45, 7) is 2.79. The van der Waals surface area contributed by atoms with Crippen LogP contribution >= 0.6 is 27.5 Å². The van der Waals surface area contributed by atoms with Crippen molar-refractivity contribution in [2.45, 2.75) is 51.2 Å². The maximum atomic E-state index is 10.0. The molecule has 118 valence electrons. The van der Waals surface area contributed by atoms with Crippen LogP contribution in [0.2, 0.25) is 5.02 Å². The van der Waals surface area contributed by atoms with E-state index < -0.39 is 6.10 Å². The Morgan fingerprint density at radius 2 is 2.10 bits per heavy atom. The van der Waals surface area contributed by atoms with Gasteiger partial charge in [-0.3, -0.25) is 0 Å². The zero-order valence-electron chi connectivity index (χ0n) is 12.4. The van der Waals surface area contributed by atoms with Gasteiger partial charge in [-0.05, 0) is 53.4 Å². The van der Waals surface area contributed by atoms with Gasteiger partial charge in [0.05, 0.1) is 24.5 Å². The maximum Gasteiger partial charge on any atom is 0.0945 e. The van der Waals surface area contributed by atoms with E-state index in [0.29, 0.717) is 24.3 Å². The van der Waals surface area contributed by atoms with E-state index in [-0.39, 0.29) is 0 Å². The molecule has 1 fully saturated rings. The normalized spacial score (nSPS) is 17.7. The number of ether oxygens (including phenoxy) is 1. The summed E-state index contributed by atoms with van der Waals surface area (Å²) in [6, 6.07) is 3.84. The molecule has 0 saturated heterocycles. The second kappa shape index (κ2) is 8.37. The quantitative estimate of drug-likeness (QED) is 0.766. The molecule has 0 aromatic heterocycles. The SMILES string of the molecule is Cc1cc(Br)c(NCC(O)COC2CCCCC2)cc1Cl. The molecule has 1 aliphatic rings. The second-order valence-corrected chi connectivity index (χ2v) is 6.97. The summed E-state index contributed by atoms with van der Waals surface area (Å²) in [6.07, 6.45) is 5.86. The molecular weight excluding hydrogens is 354 g/mol. The predicted molar refractivity (Wildman–Crippen MR) is 91.2 cm³/mol. The van der Waals surface area contributed by atoms with Crippen molar-refractivity contribution >= 4 is 33.2 Å². The van der Waals surface area contributed by atoms with Gasteiger partial charge in [-0.1, -0.05) is 30.9 Å². The summed E-state index contributed by atoms with van der Waals surface area (Å²) in [4.78, 5) is 0.